The molecule has 0 aliphatic carbocycles. The fraction of sp³-hybridized carbons (Fsp3) is 1.00. The van der Waals surface area contributed by atoms with Gasteiger partial charge in [-0.25, -0.2) is 0 Å². The molecule has 0 unspecified atom stereocenters. The molecule has 146 valence electrons. The van der Waals surface area contributed by atoms with E-state index in [1.807, 2.05) is 0 Å². The largest absolute Gasteiger partial charge is 0.325 e. The number of halogens is 1. The Morgan fingerprint density at radius 1 is 0.500 bits per heavy atom. The van der Waals surface area contributed by atoms with Crippen LogP contribution in [0.5, 0.6) is 0 Å². The fourth-order valence-corrected chi connectivity index (χ4v) is 3.89. The lowest BCUT2D eigenvalue weighted by atomic mass is 10.0. The maximum atomic E-state index is 10.7. The third kappa shape index (κ3) is 22.4. The highest BCUT2D eigenvalue weighted by molar-refractivity contribution is 7.51. The van der Waals surface area contributed by atoms with Crippen LogP contribution in [0.15, 0.2) is 0 Å². The molecule has 0 radical (unpaired) electrons. The van der Waals surface area contributed by atoms with Gasteiger partial charge < -0.3 is 9.79 Å². The summed E-state index contributed by atoms with van der Waals surface area (Å²) < 4.78 is 10.7. The summed E-state index contributed by atoms with van der Waals surface area (Å²) in [4.78, 5) is 17.5. The van der Waals surface area contributed by atoms with Crippen LogP contribution >= 0.6 is 19.2 Å². The lowest BCUT2D eigenvalue weighted by molar-refractivity contribution is 0.370. The van der Waals surface area contributed by atoms with Crippen molar-refractivity contribution in [2.45, 2.75) is 109 Å². The van der Waals surface area contributed by atoms with Crippen LogP contribution in [0.2, 0.25) is 0 Å². The molecule has 0 heterocycles. The molecule has 0 aromatic rings. The molecule has 0 amide bonds. The zero-order chi connectivity index (χ0) is 17.9. The number of unbranched alkanes of at least 4 members (excludes halogenated alkanes) is 16. The van der Waals surface area contributed by atoms with Crippen molar-refractivity contribution < 1.29 is 14.4 Å². The number of alkyl halides is 1. The van der Waals surface area contributed by atoms with Crippen LogP contribution in [0.3, 0.4) is 0 Å². The molecule has 5 heteroatoms. The number of hydrogen-bond acceptors (Lipinski definition) is 1. The third-order valence-corrected chi connectivity index (χ3v) is 5.75. The predicted molar refractivity (Wildman–Crippen MR) is 106 cm³/mol. The summed E-state index contributed by atoms with van der Waals surface area (Å²) in [6.45, 7) is 0. The van der Waals surface area contributed by atoms with Crippen LogP contribution in [-0.4, -0.2) is 21.8 Å². The smallest absolute Gasteiger partial charge is 0.324 e. The van der Waals surface area contributed by atoms with Crippen LogP contribution in [0.1, 0.15) is 109 Å². The van der Waals surface area contributed by atoms with Gasteiger partial charge in [-0.15, -0.1) is 11.6 Å². The molecule has 0 rings (SSSR count). The van der Waals surface area contributed by atoms with Crippen LogP contribution < -0.4 is 0 Å². The Labute approximate surface area is 155 Å². The van der Waals surface area contributed by atoms with E-state index in [4.69, 9.17) is 21.4 Å². The van der Waals surface area contributed by atoms with E-state index in [0.29, 0.717) is 6.42 Å². The molecule has 0 aliphatic heterocycles. The average Bonchev–Trinajstić information content (AvgIpc) is 2.52. The Morgan fingerprint density at radius 2 is 0.750 bits per heavy atom. The highest BCUT2D eigenvalue weighted by atomic mass is 35.5. The van der Waals surface area contributed by atoms with Gasteiger partial charge in [0, 0.05) is 12.0 Å². The maximum Gasteiger partial charge on any atom is 0.325 e. The van der Waals surface area contributed by atoms with Crippen molar-refractivity contribution in [1.82, 2.24) is 0 Å². The first-order valence-corrected chi connectivity index (χ1v) is 12.5. The van der Waals surface area contributed by atoms with E-state index >= 15 is 0 Å². The molecule has 0 atom stereocenters. The molecule has 0 bridgehead atoms. The fourth-order valence-electron chi connectivity index (χ4n) is 3.06. The SMILES string of the molecule is O=P(O)(O)CCCCCCCCCCCCCCCCCCCCl. The third-order valence-electron chi connectivity index (χ3n) is 4.58. The van der Waals surface area contributed by atoms with E-state index in [9.17, 15) is 4.57 Å². The van der Waals surface area contributed by atoms with Crippen molar-refractivity contribution in [3.63, 3.8) is 0 Å². The van der Waals surface area contributed by atoms with Crippen LogP contribution in [0.4, 0.5) is 0 Å². The van der Waals surface area contributed by atoms with Crippen molar-refractivity contribution in [2.24, 2.45) is 0 Å². The minimum absolute atomic E-state index is 0.0560. The first-order chi connectivity index (χ1) is 11.6. The summed E-state index contributed by atoms with van der Waals surface area (Å²) in [5, 5.41) is 0. The zero-order valence-corrected chi connectivity index (χ0v) is 17.2. The van der Waals surface area contributed by atoms with Gasteiger partial charge in [0.15, 0.2) is 0 Å². The Morgan fingerprint density at radius 3 is 1.00 bits per heavy atom. The average molecular weight is 383 g/mol. The molecule has 0 saturated carbocycles. The number of hydrogen-bond donors (Lipinski definition) is 2. The monoisotopic (exact) mass is 382 g/mol. The molecule has 0 aromatic heterocycles. The summed E-state index contributed by atoms with van der Waals surface area (Å²) in [7, 11) is -3.76. The molecule has 24 heavy (non-hydrogen) atoms. The Kier molecular flexibility index (Phi) is 18.6. The van der Waals surface area contributed by atoms with E-state index in [-0.39, 0.29) is 6.16 Å². The standard InChI is InChI=1S/C19H40ClO3P/c20-18-16-14-12-10-8-6-4-2-1-3-5-7-9-11-13-15-17-19-24(21,22)23/h1-19H2,(H2,21,22,23). The van der Waals surface area contributed by atoms with E-state index < -0.39 is 7.60 Å². The van der Waals surface area contributed by atoms with E-state index in [1.54, 1.807) is 0 Å². The van der Waals surface area contributed by atoms with Gasteiger partial charge in [0.2, 0.25) is 0 Å². The van der Waals surface area contributed by atoms with Crippen molar-refractivity contribution in [2.75, 3.05) is 12.0 Å². The summed E-state index contributed by atoms with van der Waals surface area (Å²) in [6.07, 6.45) is 21.5. The molecule has 0 spiro atoms. The number of rotatable bonds is 19. The van der Waals surface area contributed by atoms with Gasteiger partial charge >= 0.3 is 7.60 Å². The van der Waals surface area contributed by atoms with Crippen LogP contribution in [0.25, 0.3) is 0 Å². The molecule has 3 nitrogen and oxygen atoms in total. The molecule has 0 fully saturated rings. The second-order valence-electron chi connectivity index (χ2n) is 7.09. The lowest BCUT2D eigenvalue weighted by Crippen LogP contribution is -1.88. The second-order valence-corrected chi connectivity index (χ2v) is 9.24. The molecule has 0 saturated heterocycles. The molecule has 0 aromatic carbocycles. The topological polar surface area (TPSA) is 57.5 Å². The summed E-state index contributed by atoms with van der Waals surface area (Å²) in [5.41, 5.74) is 0. The van der Waals surface area contributed by atoms with E-state index in [0.717, 1.165) is 18.7 Å². The minimum atomic E-state index is -3.76. The van der Waals surface area contributed by atoms with E-state index in [1.165, 1.54) is 89.9 Å². The van der Waals surface area contributed by atoms with Crippen LogP contribution in [0, 0.1) is 0 Å². The second kappa shape index (κ2) is 18.2. The first kappa shape index (κ1) is 24.4. The van der Waals surface area contributed by atoms with Gasteiger partial charge in [0.05, 0.1) is 0 Å². The summed E-state index contributed by atoms with van der Waals surface area (Å²) in [5.74, 6) is 0.816. The Hall–Kier alpha value is 0.440. The van der Waals surface area contributed by atoms with Crippen molar-refractivity contribution in [3.8, 4) is 0 Å². The minimum Gasteiger partial charge on any atom is -0.324 e. The van der Waals surface area contributed by atoms with Gasteiger partial charge in [-0.2, -0.15) is 0 Å². The molecule has 0 aliphatic rings. The van der Waals surface area contributed by atoms with Gasteiger partial charge in [0.25, 0.3) is 0 Å². The van der Waals surface area contributed by atoms with Gasteiger partial charge in [-0.1, -0.05) is 96.3 Å². The van der Waals surface area contributed by atoms with Crippen molar-refractivity contribution in [1.29, 1.82) is 0 Å². The molecule has 2 N–H and O–H groups in total. The lowest BCUT2D eigenvalue weighted by Gasteiger charge is -2.04. The predicted octanol–water partition coefficient (Wildman–Crippen LogP) is 7.03. The quantitative estimate of drug-likeness (QED) is 0.143. The van der Waals surface area contributed by atoms with Crippen molar-refractivity contribution >= 4 is 19.2 Å². The van der Waals surface area contributed by atoms with Crippen molar-refractivity contribution in [3.05, 3.63) is 0 Å². The van der Waals surface area contributed by atoms with Crippen LogP contribution in [-0.2, 0) is 4.57 Å². The summed E-state index contributed by atoms with van der Waals surface area (Å²) >= 11 is 5.66. The van der Waals surface area contributed by atoms with E-state index in [2.05, 4.69) is 0 Å². The Balaban J connectivity index is 3.02. The molecular formula is C19H40ClO3P. The first-order valence-electron chi connectivity index (χ1n) is 10.2. The zero-order valence-electron chi connectivity index (χ0n) is 15.6. The maximum absolute atomic E-state index is 10.7. The normalized spacial score (nSPS) is 12.0. The van der Waals surface area contributed by atoms with Gasteiger partial charge in [0.1, 0.15) is 0 Å². The summed E-state index contributed by atoms with van der Waals surface area (Å²) in [6, 6.07) is 0. The van der Waals surface area contributed by atoms with Gasteiger partial charge in [-0.3, -0.25) is 4.57 Å². The molecular weight excluding hydrogens is 343 g/mol. The Bertz CT molecular complexity index is 294. The highest BCUT2D eigenvalue weighted by Crippen LogP contribution is 2.35. The van der Waals surface area contributed by atoms with Gasteiger partial charge in [-0.05, 0) is 12.8 Å². The highest BCUT2D eigenvalue weighted by Gasteiger charge is 2.10.